The summed E-state index contributed by atoms with van der Waals surface area (Å²) >= 11 is 0. The van der Waals surface area contributed by atoms with Crippen LogP contribution in [0.5, 0.6) is 5.75 Å². The Hall–Kier alpha value is -3.23. The Labute approximate surface area is 181 Å². The molecule has 2 amide bonds. The zero-order valence-electron chi connectivity index (χ0n) is 17.5. The van der Waals surface area contributed by atoms with Crippen LogP contribution in [-0.2, 0) is 19.1 Å². The van der Waals surface area contributed by atoms with Crippen molar-refractivity contribution in [3.05, 3.63) is 65.7 Å². The average Bonchev–Trinajstić information content (AvgIpc) is 3.32. The van der Waals surface area contributed by atoms with Gasteiger partial charge in [0.1, 0.15) is 5.75 Å². The predicted molar refractivity (Wildman–Crippen MR) is 116 cm³/mol. The van der Waals surface area contributed by atoms with Gasteiger partial charge in [0.05, 0.1) is 12.3 Å². The molecule has 1 fully saturated rings. The highest BCUT2D eigenvalue weighted by Gasteiger charge is 2.19. The van der Waals surface area contributed by atoms with Gasteiger partial charge >= 0.3 is 0 Å². The minimum Gasteiger partial charge on any atom is -0.484 e. The number of hydrazone groups is 1. The van der Waals surface area contributed by atoms with Crippen LogP contribution in [0.1, 0.15) is 30.1 Å². The van der Waals surface area contributed by atoms with Crippen LogP contribution in [0.15, 0.2) is 59.7 Å². The maximum atomic E-state index is 12.3. The second-order valence-corrected chi connectivity index (χ2v) is 7.06. The van der Waals surface area contributed by atoms with Gasteiger partial charge in [-0.1, -0.05) is 30.3 Å². The minimum atomic E-state index is -0.736. The Kier molecular flexibility index (Phi) is 8.57. The second kappa shape index (κ2) is 11.8. The first-order chi connectivity index (χ1) is 15.2. The lowest BCUT2D eigenvalue weighted by Crippen LogP contribution is -2.35. The van der Waals surface area contributed by atoms with E-state index in [9.17, 15) is 9.59 Å². The van der Waals surface area contributed by atoms with Crippen LogP contribution in [0.4, 0.5) is 0 Å². The van der Waals surface area contributed by atoms with Crippen molar-refractivity contribution in [1.29, 1.82) is 0 Å². The lowest BCUT2D eigenvalue weighted by molar-refractivity contribution is -0.131. The Morgan fingerprint density at radius 2 is 1.97 bits per heavy atom. The summed E-state index contributed by atoms with van der Waals surface area (Å²) in [5.41, 5.74) is 4.00. The number of ether oxygens (including phenoxy) is 3. The third-order valence-electron chi connectivity index (χ3n) is 4.77. The smallest absolute Gasteiger partial charge is 0.273 e. The lowest BCUT2D eigenvalue weighted by Gasteiger charge is -2.13. The van der Waals surface area contributed by atoms with E-state index >= 15 is 0 Å². The van der Waals surface area contributed by atoms with Crippen molar-refractivity contribution >= 4 is 18.0 Å². The van der Waals surface area contributed by atoms with Crippen LogP contribution in [0.3, 0.4) is 0 Å². The number of nitrogens with one attached hydrogen (secondary N) is 2. The van der Waals surface area contributed by atoms with Crippen LogP contribution in [-0.4, -0.2) is 51.0 Å². The lowest BCUT2D eigenvalue weighted by atomic mass is 10.1. The van der Waals surface area contributed by atoms with Gasteiger partial charge in [0, 0.05) is 20.3 Å². The third kappa shape index (κ3) is 7.20. The van der Waals surface area contributed by atoms with Crippen molar-refractivity contribution in [3.63, 3.8) is 0 Å². The zero-order chi connectivity index (χ0) is 21.9. The Bertz CT molecular complexity index is 865. The van der Waals surface area contributed by atoms with Gasteiger partial charge in [0.25, 0.3) is 11.8 Å². The van der Waals surface area contributed by atoms with Crippen LogP contribution in [0.25, 0.3) is 0 Å². The van der Waals surface area contributed by atoms with E-state index in [1.165, 1.54) is 13.3 Å². The summed E-state index contributed by atoms with van der Waals surface area (Å²) in [4.78, 5) is 24.2. The second-order valence-electron chi connectivity index (χ2n) is 7.06. The Balaban J connectivity index is 1.41. The van der Waals surface area contributed by atoms with E-state index < -0.39 is 6.10 Å². The molecule has 0 saturated carbocycles. The zero-order valence-corrected chi connectivity index (χ0v) is 17.5. The van der Waals surface area contributed by atoms with Crippen molar-refractivity contribution in [2.24, 2.45) is 5.10 Å². The van der Waals surface area contributed by atoms with E-state index in [-0.39, 0.29) is 24.5 Å². The summed E-state index contributed by atoms with van der Waals surface area (Å²) in [6.45, 7) is 1.21. The summed E-state index contributed by atoms with van der Waals surface area (Å²) in [6.07, 6.45) is 2.91. The molecule has 1 saturated heterocycles. The van der Waals surface area contributed by atoms with Crippen molar-refractivity contribution < 1.29 is 23.8 Å². The van der Waals surface area contributed by atoms with Gasteiger partial charge in [-0.3, -0.25) is 9.59 Å². The van der Waals surface area contributed by atoms with Gasteiger partial charge in [0.15, 0.2) is 12.7 Å². The number of carbonyl (C=O) groups excluding carboxylic acids is 2. The molecule has 8 nitrogen and oxygen atoms in total. The molecule has 0 aromatic heterocycles. The number of benzene rings is 2. The van der Waals surface area contributed by atoms with Gasteiger partial charge in [-0.25, -0.2) is 5.43 Å². The van der Waals surface area contributed by atoms with E-state index in [0.717, 1.165) is 30.6 Å². The van der Waals surface area contributed by atoms with Crippen LogP contribution in [0.2, 0.25) is 0 Å². The molecule has 0 aliphatic carbocycles. The molecule has 0 bridgehead atoms. The Morgan fingerprint density at radius 1 is 1.19 bits per heavy atom. The molecule has 2 aromatic carbocycles. The number of rotatable bonds is 10. The molecule has 2 atom stereocenters. The third-order valence-corrected chi connectivity index (χ3v) is 4.77. The number of methoxy groups -OCH3 is 1. The molecule has 2 aromatic rings. The molecule has 31 heavy (non-hydrogen) atoms. The van der Waals surface area contributed by atoms with Crippen molar-refractivity contribution in [3.8, 4) is 5.75 Å². The molecule has 0 unspecified atom stereocenters. The highest BCUT2D eigenvalue weighted by atomic mass is 16.5. The van der Waals surface area contributed by atoms with Gasteiger partial charge in [0.2, 0.25) is 0 Å². The number of hydrogen-bond donors (Lipinski definition) is 2. The SMILES string of the molecule is CO[C@H](C(=O)N/N=C\c1ccc(OCC(=O)NC[C@H]2CCCO2)cc1)c1ccccc1. The molecule has 1 heterocycles. The highest BCUT2D eigenvalue weighted by Crippen LogP contribution is 2.16. The maximum absolute atomic E-state index is 12.3. The number of nitrogens with zero attached hydrogens (tertiary/aromatic N) is 1. The normalized spacial score (nSPS) is 16.7. The van der Waals surface area contributed by atoms with Crippen LogP contribution >= 0.6 is 0 Å². The van der Waals surface area contributed by atoms with Crippen molar-refractivity contribution in [1.82, 2.24) is 10.7 Å². The van der Waals surface area contributed by atoms with Gasteiger partial charge in [-0.2, -0.15) is 5.10 Å². The summed E-state index contributed by atoms with van der Waals surface area (Å²) in [5, 5.41) is 6.79. The minimum absolute atomic E-state index is 0.0614. The maximum Gasteiger partial charge on any atom is 0.273 e. The van der Waals surface area contributed by atoms with E-state index in [0.29, 0.717) is 12.3 Å². The topological polar surface area (TPSA) is 98.3 Å². The summed E-state index contributed by atoms with van der Waals surface area (Å²) in [5.74, 6) is 0.0193. The summed E-state index contributed by atoms with van der Waals surface area (Å²) < 4.78 is 16.2. The molecule has 1 aliphatic heterocycles. The largest absolute Gasteiger partial charge is 0.484 e. The number of carbonyl (C=O) groups is 2. The fourth-order valence-electron chi connectivity index (χ4n) is 3.13. The molecule has 164 valence electrons. The van der Waals surface area contributed by atoms with Gasteiger partial charge < -0.3 is 19.5 Å². The molecule has 0 radical (unpaired) electrons. The molecule has 1 aliphatic rings. The van der Waals surface area contributed by atoms with E-state index in [4.69, 9.17) is 14.2 Å². The number of hydrogen-bond acceptors (Lipinski definition) is 6. The standard InChI is InChI=1S/C23H27N3O5/c1-29-22(18-6-3-2-4-7-18)23(28)26-25-14-17-9-11-19(12-10-17)31-16-21(27)24-15-20-8-5-13-30-20/h2-4,6-7,9-12,14,20,22H,5,8,13,15-16H2,1H3,(H,24,27)(H,26,28)/b25-14-/t20-,22+/m1/s1. The van der Waals surface area contributed by atoms with E-state index in [1.807, 2.05) is 30.3 Å². The molecule has 8 heteroatoms. The van der Waals surface area contributed by atoms with Crippen molar-refractivity contribution in [2.45, 2.75) is 25.0 Å². The Morgan fingerprint density at radius 3 is 2.65 bits per heavy atom. The van der Waals surface area contributed by atoms with Gasteiger partial charge in [-0.05, 0) is 48.2 Å². The number of amides is 2. The first-order valence-electron chi connectivity index (χ1n) is 10.2. The van der Waals surface area contributed by atoms with E-state index in [2.05, 4.69) is 15.8 Å². The van der Waals surface area contributed by atoms with Crippen molar-refractivity contribution in [2.75, 3.05) is 26.9 Å². The van der Waals surface area contributed by atoms with Gasteiger partial charge in [-0.15, -0.1) is 0 Å². The molecule has 2 N–H and O–H groups in total. The first kappa shape index (κ1) is 22.5. The molecular weight excluding hydrogens is 398 g/mol. The quantitative estimate of drug-likeness (QED) is 0.449. The molecule has 0 spiro atoms. The average molecular weight is 425 g/mol. The highest BCUT2D eigenvalue weighted by molar-refractivity contribution is 5.85. The first-order valence-corrected chi connectivity index (χ1v) is 10.2. The van der Waals surface area contributed by atoms with Crippen LogP contribution in [0, 0.1) is 0 Å². The predicted octanol–water partition coefficient (Wildman–Crippen LogP) is 2.20. The van der Waals surface area contributed by atoms with E-state index in [1.54, 1.807) is 24.3 Å². The fraction of sp³-hybridized carbons (Fsp3) is 0.348. The van der Waals surface area contributed by atoms with Crippen LogP contribution < -0.4 is 15.5 Å². The molecular formula is C23H27N3O5. The summed E-state index contributed by atoms with van der Waals surface area (Å²) in [6, 6.07) is 16.2. The molecule has 3 rings (SSSR count). The fourth-order valence-corrected chi connectivity index (χ4v) is 3.13. The summed E-state index contributed by atoms with van der Waals surface area (Å²) in [7, 11) is 1.47. The monoisotopic (exact) mass is 425 g/mol.